The molecule has 2 amide bonds. The van der Waals surface area contributed by atoms with Gasteiger partial charge in [0.15, 0.2) is 0 Å². The molecule has 6 fully saturated rings. The number of halogens is 1. The maximum atomic E-state index is 15.1. The Bertz CT molecular complexity index is 1910. The van der Waals surface area contributed by atoms with Crippen LogP contribution in [0.4, 0.5) is 14.9 Å². The number of carbonyl (C=O) groups is 2. The van der Waals surface area contributed by atoms with Gasteiger partial charge in [0.25, 0.3) is 0 Å². The Labute approximate surface area is 337 Å². The molecule has 5 saturated heterocycles. The number of hydrogen-bond donors (Lipinski definition) is 1. The number of benzene rings is 2. The summed E-state index contributed by atoms with van der Waals surface area (Å²) in [5, 5.41) is 3.18. The highest BCUT2D eigenvalue weighted by Crippen LogP contribution is 2.52. The predicted molar refractivity (Wildman–Crippen MR) is 216 cm³/mol. The second-order valence-electron chi connectivity index (χ2n) is 17.7. The fourth-order valence-electron chi connectivity index (χ4n) is 11.3. The van der Waals surface area contributed by atoms with Crippen molar-refractivity contribution in [2.75, 3.05) is 97.7 Å². The van der Waals surface area contributed by atoms with Crippen LogP contribution in [0.5, 0.6) is 0 Å². The van der Waals surface area contributed by atoms with Gasteiger partial charge in [-0.15, -0.1) is 0 Å². The van der Waals surface area contributed by atoms with Crippen molar-refractivity contribution < 1.29 is 31.9 Å². The van der Waals surface area contributed by atoms with E-state index in [-0.39, 0.29) is 45.0 Å². The smallest absolute Gasteiger partial charge is 0.407 e. The minimum atomic E-state index is -3.65. The van der Waals surface area contributed by atoms with E-state index < -0.39 is 16.1 Å². The summed E-state index contributed by atoms with van der Waals surface area (Å²) in [7, 11) is -0.450. The van der Waals surface area contributed by atoms with Gasteiger partial charge in [-0.2, -0.15) is 4.31 Å². The molecule has 2 aromatic carbocycles. The molecule has 12 nitrogen and oxygen atoms in total. The lowest BCUT2D eigenvalue weighted by molar-refractivity contribution is -0.136. The van der Waals surface area contributed by atoms with Crippen LogP contribution in [0, 0.1) is 23.1 Å². The number of nitrogens with zero attached hydrogens (tertiary/aromatic N) is 5. The zero-order valence-corrected chi connectivity index (χ0v) is 34.4. The van der Waals surface area contributed by atoms with Crippen LogP contribution >= 0.6 is 0 Å². The Balaban J connectivity index is 0.912. The Kier molecular flexibility index (Phi) is 11.2. The average Bonchev–Trinajstić information content (AvgIpc) is 3.84. The minimum Gasteiger partial charge on any atom is -0.453 e. The fourth-order valence-corrected chi connectivity index (χ4v) is 12.8. The maximum Gasteiger partial charge on any atom is 0.407 e. The Morgan fingerprint density at radius 1 is 0.930 bits per heavy atom. The lowest BCUT2D eigenvalue weighted by Crippen LogP contribution is -2.68. The van der Waals surface area contributed by atoms with Crippen molar-refractivity contribution in [3.63, 3.8) is 0 Å². The van der Waals surface area contributed by atoms with Gasteiger partial charge in [-0.25, -0.2) is 17.6 Å². The number of methoxy groups -OCH3 is 2. The van der Waals surface area contributed by atoms with E-state index in [0.29, 0.717) is 45.2 Å². The molecule has 1 aliphatic carbocycles. The molecule has 310 valence electrons. The molecule has 0 aromatic heterocycles. The summed E-state index contributed by atoms with van der Waals surface area (Å²) in [6.07, 6.45) is 7.64. The van der Waals surface area contributed by atoms with Crippen LogP contribution in [0.15, 0.2) is 66.1 Å². The molecular formula is C43H59FN6O6S. The zero-order chi connectivity index (χ0) is 40.0. The number of sulfonamides is 1. The third kappa shape index (κ3) is 7.61. The molecule has 57 heavy (non-hydrogen) atoms. The van der Waals surface area contributed by atoms with E-state index in [2.05, 4.69) is 32.7 Å². The van der Waals surface area contributed by atoms with Gasteiger partial charge >= 0.3 is 6.09 Å². The first-order valence-electron chi connectivity index (χ1n) is 20.8. The van der Waals surface area contributed by atoms with Gasteiger partial charge in [0, 0.05) is 68.9 Å². The molecule has 5 aliphatic heterocycles. The standard InChI is InChI=1S/C43H59FN6O6S/c1-4-39(51)49-25-41(26-49)18-23-50(27-41)57(53,54)36-14-12-35(13-15-36)48-29-42(30-48,56-3)28-47-21-16-32(17-22-47)43(31-46-19-7-20-46,33-8-5-9-34(44)24-33)37-10-6-11-38(37)45-40(52)55-2/h4-5,8-9,12-15,24,32,37-38H,1,6-7,10-11,16-23,25-31H2,2-3H3,(H,45,52)/t37-,38-,43-/m0/s1. The molecule has 1 N–H and O–H groups in total. The summed E-state index contributed by atoms with van der Waals surface area (Å²) < 4.78 is 55.2. The van der Waals surface area contributed by atoms with E-state index in [1.807, 2.05) is 18.2 Å². The Morgan fingerprint density at radius 3 is 2.30 bits per heavy atom. The predicted octanol–water partition coefficient (Wildman–Crippen LogP) is 4.32. The number of anilines is 1. The van der Waals surface area contributed by atoms with Gasteiger partial charge < -0.3 is 34.4 Å². The van der Waals surface area contributed by atoms with E-state index in [1.54, 1.807) is 34.5 Å². The molecule has 1 saturated carbocycles. The first kappa shape index (κ1) is 40.2. The SMILES string of the molecule is C=CC(=O)N1CC2(CCN(S(=O)(=O)c3ccc(N4CC(CN5CCC([C@@](CN6CCC6)(c6cccc(F)c6)[C@H]6CCC[C@@H]6NC(=O)OC)CC5)(OC)C4)cc3)C2)C1. The molecule has 1 spiro atoms. The van der Waals surface area contributed by atoms with Crippen LogP contribution in [-0.4, -0.2) is 144 Å². The lowest BCUT2D eigenvalue weighted by Gasteiger charge is -2.55. The molecular weight excluding hydrogens is 748 g/mol. The van der Waals surface area contributed by atoms with Crippen molar-refractivity contribution >= 4 is 27.7 Å². The molecule has 8 rings (SSSR count). The third-order valence-electron chi connectivity index (χ3n) is 14.5. The molecule has 0 bridgehead atoms. The van der Waals surface area contributed by atoms with Crippen LogP contribution in [-0.2, 0) is 29.7 Å². The highest BCUT2D eigenvalue weighted by molar-refractivity contribution is 7.89. The maximum absolute atomic E-state index is 15.1. The third-order valence-corrected chi connectivity index (χ3v) is 16.3. The van der Waals surface area contributed by atoms with Crippen LogP contribution in [0.1, 0.15) is 50.5 Å². The largest absolute Gasteiger partial charge is 0.453 e. The summed E-state index contributed by atoms with van der Waals surface area (Å²) in [4.78, 5) is 33.8. The summed E-state index contributed by atoms with van der Waals surface area (Å²) in [5.41, 5.74) is 1.19. The number of piperidine rings is 1. The summed E-state index contributed by atoms with van der Waals surface area (Å²) in [6, 6.07) is 14.4. The van der Waals surface area contributed by atoms with E-state index >= 15 is 4.39 Å². The van der Waals surface area contributed by atoms with E-state index in [1.165, 1.54) is 25.7 Å². The van der Waals surface area contributed by atoms with Crippen molar-refractivity contribution in [2.45, 2.75) is 66.9 Å². The topological polar surface area (TPSA) is 115 Å². The van der Waals surface area contributed by atoms with Gasteiger partial charge in [-0.3, -0.25) is 4.79 Å². The molecule has 2 aromatic rings. The highest BCUT2D eigenvalue weighted by atomic mass is 32.2. The molecule has 0 unspecified atom stereocenters. The highest BCUT2D eigenvalue weighted by Gasteiger charge is 2.54. The second-order valence-corrected chi connectivity index (χ2v) is 19.7. The van der Waals surface area contributed by atoms with Crippen LogP contribution < -0.4 is 10.2 Å². The fraction of sp³-hybridized carbons (Fsp3) is 0.628. The van der Waals surface area contributed by atoms with Crippen LogP contribution in [0.2, 0.25) is 0 Å². The molecule has 6 aliphatic rings. The number of carbonyl (C=O) groups excluding carboxylic acids is 2. The van der Waals surface area contributed by atoms with Crippen LogP contribution in [0.25, 0.3) is 0 Å². The summed E-state index contributed by atoms with van der Waals surface area (Å²) >= 11 is 0. The van der Waals surface area contributed by atoms with E-state index in [0.717, 1.165) is 89.0 Å². The summed E-state index contributed by atoms with van der Waals surface area (Å²) in [5.74, 6) is 0.152. The first-order valence-corrected chi connectivity index (χ1v) is 22.2. The van der Waals surface area contributed by atoms with Gasteiger partial charge in [0.2, 0.25) is 15.9 Å². The average molecular weight is 807 g/mol. The number of amides is 2. The van der Waals surface area contributed by atoms with Crippen molar-refractivity contribution in [3.05, 3.63) is 72.6 Å². The second kappa shape index (κ2) is 15.9. The molecule has 0 radical (unpaired) electrons. The normalized spacial score (nSPS) is 26.3. The number of nitrogens with one attached hydrogen (secondary N) is 1. The van der Waals surface area contributed by atoms with Gasteiger partial charge in [0.05, 0.1) is 25.1 Å². The molecule has 14 heteroatoms. The molecule has 5 heterocycles. The minimum absolute atomic E-state index is 0.0337. The number of likely N-dealkylation sites (tertiary alicyclic amines) is 3. The van der Waals surface area contributed by atoms with Crippen molar-refractivity contribution in [1.82, 2.24) is 24.3 Å². The van der Waals surface area contributed by atoms with Crippen LogP contribution in [0.3, 0.4) is 0 Å². The van der Waals surface area contributed by atoms with E-state index in [9.17, 15) is 18.0 Å². The van der Waals surface area contributed by atoms with E-state index in [4.69, 9.17) is 9.47 Å². The first-order chi connectivity index (χ1) is 27.4. The number of hydrogen-bond acceptors (Lipinski definition) is 9. The molecule has 3 atom stereocenters. The quantitative estimate of drug-likeness (QED) is 0.296. The Hall–Kier alpha value is -3.56. The van der Waals surface area contributed by atoms with Crippen molar-refractivity contribution in [2.24, 2.45) is 17.3 Å². The number of alkyl carbamates (subject to hydrolysis) is 1. The van der Waals surface area contributed by atoms with Gasteiger partial charge in [-0.1, -0.05) is 25.1 Å². The van der Waals surface area contributed by atoms with Gasteiger partial charge in [-0.05, 0) is 125 Å². The van der Waals surface area contributed by atoms with Crippen molar-refractivity contribution in [3.8, 4) is 0 Å². The summed E-state index contributed by atoms with van der Waals surface area (Å²) in [6.45, 7) is 12.5. The van der Waals surface area contributed by atoms with Crippen molar-refractivity contribution in [1.29, 1.82) is 0 Å². The lowest BCUT2D eigenvalue weighted by atomic mass is 9.57. The number of rotatable bonds is 13. The number of ether oxygens (including phenoxy) is 2. The zero-order valence-electron chi connectivity index (χ0n) is 33.5. The van der Waals surface area contributed by atoms with Gasteiger partial charge in [0.1, 0.15) is 11.4 Å². The monoisotopic (exact) mass is 806 g/mol. The Morgan fingerprint density at radius 2 is 1.67 bits per heavy atom.